The number of aliphatic hydroxyl groups is 2. The molecule has 0 bridgehead atoms. The largest absolute Gasteiger partial charge is 0.643 e. The van der Waals surface area contributed by atoms with E-state index in [2.05, 4.69) is 85.1 Å². The van der Waals surface area contributed by atoms with Gasteiger partial charge in [0.2, 0.25) is 0 Å². The maximum Gasteiger partial charge on any atom is 0.643 e. The van der Waals surface area contributed by atoms with Crippen molar-refractivity contribution in [2.75, 3.05) is 124 Å². The number of fused-ring (bicyclic) bond motifs is 3. The number of anilines is 3. The van der Waals surface area contributed by atoms with Gasteiger partial charge < -0.3 is 101 Å². The van der Waals surface area contributed by atoms with Crippen LogP contribution < -0.4 is 47.4 Å². The summed E-state index contributed by atoms with van der Waals surface area (Å²) < 4.78 is 76.3. The zero-order chi connectivity index (χ0) is 98.7. The number of nitrogens with two attached hydrogens (primary N) is 2. The number of piperidine rings is 1. The van der Waals surface area contributed by atoms with Crippen LogP contribution in [0.15, 0.2) is 117 Å². The van der Waals surface area contributed by atoms with Crippen LogP contribution in [0.4, 0.5) is 21.8 Å². The number of aliphatic hydroxyl groups excluding tert-OH is 2. The number of unbranched alkanes of at least 4 members (excludes halogenated alkanes) is 5. The number of ketones is 1. The molecule has 7 aromatic heterocycles. The second kappa shape index (κ2) is 70.6. The smallest absolute Gasteiger partial charge is 0.504 e. The molecule has 8 aromatic rings. The van der Waals surface area contributed by atoms with Crippen LogP contribution >= 0.6 is 46.1 Å². The number of methoxy groups -OCH3 is 5. The van der Waals surface area contributed by atoms with Gasteiger partial charge in [-0.1, -0.05) is 21.1 Å². The second-order valence-corrected chi connectivity index (χ2v) is 37.0. The van der Waals surface area contributed by atoms with Crippen LogP contribution in [0.2, 0.25) is 0 Å². The molecule has 9 N–H and O–H groups in total. The van der Waals surface area contributed by atoms with E-state index in [1.807, 2.05) is 6.92 Å². The molecule has 2 unspecified atom stereocenters. The van der Waals surface area contributed by atoms with Gasteiger partial charge >= 0.3 is 53.2 Å². The maximum absolute atomic E-state index is 13.0. The van der Waals surface area contributed by atoms with Crippen LogP contribution in [0.1, 0.15) is 195 Å². The van der Waals surface area contributed by atoms with E-state index in [0.29, 0.717) is 209 Å². The van der Waals surface area contributed by atoms with Gasteiger partial charge in [-0.3, -0.25) is 52.1 Å². The summed E-state index contributed by atoms with van der Waals surface area (Å²) in [6, 6.07) is 18.3. The van der Waals surface area contributed by atoms with Crippen LogP contribution in [-0.4, -0.2) is 220 Å². The number of hydrogen-bond donors (Lipinski definition) is 7. The Labute approximate surface area is 830 Å². The number of pyridine rings is 4. The van der Waals surface area contributed by atoms with Crippen molar-refractivity contribution in [3.05, 3.63) is 171 Å². The van der Waals surface area contributed by atoms with Gasteiger partial charge in [-0.05, 0) is 191 Å². The minimum atomic E-state index is -1.72. The number of carbonyl (C=O) groups is 8. The zero-order valence-electron chi connectivity index (χ0n) is 78.5. The van der Waals surface area contributed by atoms with Crippen molar-refractivity contribution in [2.24, 2.45) is 5.92 Å². The third-order valence-electron chi connectivity index (χ3n) is 20.2. The van der Waals surface area contributed by atoms with Gasteiger partial charge in [0.15, 0.2) is 51.7 Å². The molecule has 12 rings (SSSR count). The molecule has 0 saturated carbocycles. The summed E-state index contributed by atoms with van der Waals surface area (Å²) in [4.78, 5) is 133. The normalized spacial score (nSPS) is 13.9. The van der Waals surface area contributed by atoms with Gasteiger partial charge in [0, 0.05) is 180 Å². The van der Waals surface area contributed by atoms with Crippen molar-refractivity contribution in [3.63, 3.8) is 0 Å². The minimum Gasteiger partial charge on any atom is -0.504 e. The van der Waals surface area contributed by atoms with Crippen molar-refractivity contribution >= 4 is 139 Å². The molecule has 754 valence electrons. The van der Waals surface area contributed by atoms with E-state index in [9.17, 15) is 52.3 Å². The Morgan fingerprint density at radius 1 is 0.625 bits per heavy atom. The summed E-state index contributed by atoms with van der Waals surface area (Å²) in [5.41, 5.74) is 16.2. The first-order valence-electron chi connectivity index (χ1n) is 43.7. The molecule has 4 aliphatic rings. The fraction of sp³-hybridized carbons (Fsp3) is 0.511. The fourth-order valence-corrected chi connectivity index (χ4v) is 13.4. The van der Waals surface area contributed by atoms with Crippen molar-refractivity contribution in [2.45, 2.75) is 194 Å². The number of nitrogens with one attached hydrogen (secondary N) is 2. The van der Waals surface area contributed by atoms with Crippen LogP contribution in [0.5, 0.6) is 23.0 Å². The number of aromatic nitrogens is 8. The van der Waals surface area contributed by atoms with E-state index in [0.717, 1.165) is 93.7 Å². The van der Waals surface area contributed by atoms with Crippen LogP contribution in [0, 0.1) is 33.0 Å². The zero-order valence-corrected chi connectivity index (χ0v) is 85.0. The summed E-state index contributed by atoms with van der Waals surface area (Å²) in [6.45, 7) is 12.0. The number of nitrogens with zero attached hydrogens (tertiary/aromatic N) is 8. The molecule has 3 fully saturated rings. The van der Waals surface area contributed by atoms with Crippen molar-refractivity contribution in [3.8, 4) is 23.0 Å². The Morgan fingerprint density at radius 3 is 1.61 bits per heavy atom. The van der Waals surface area contributed by atoms with Gasteiger partial charge in [-0.2, -0.15) is 0 Å². The predicted molar refractivity (Wildman–Crippen MR) is 512 cm³/mol. The molecule has 136 heavy (non-hydrogen) atoms. The molecular formula is C92H127AlBrCl3FN12O25Pd-. The van der Waals surface area contributed by atoms with Gasteiger partial charge in [-0.15, -0.1) is 0 Å². The Bertz CT molecular complexity index is 5100. The summed E-state index contributed by atoms with van der Waals surface area (Å²) in [5, 5.41) is 39.4. The SMILES string of the molecule is CC(=O)C1CCOC1=O.COC(=O)CCCCBr.COC(=O)CCCCOC1CCCn2c1nc(C)c(CCO)c2=O.COC(=O)CCCCOc1cccn2c(=O)c(CCO)c(C)nc12.COC(=O)CCCCOc1cccnc1N.COC(=O)CCCCOc1cccnc1N/C(C)=C1\CCOC1=O.Fc1ccc2c(C3CCNCC3)noc2c1.Nc1ncccc1O.[CH3-].[Cl][Al]([Cl])[Cl].[Pd]. The number of aromatic hydroxyl groups is 1. The van der Waals surface area contributed by atoms with E-state index in [1.165, 1.54) is 71.3 Å². The Balaban J connectivity index is 0.000000535. The van der Waals surface area contributed by atoms with Gasteiger partial charge in [0.25, 0.3) is 11.1 Å². The number of aryl methyl sites for hydroxylation is 2. The van der Waals surface area contributed by atoms with E-state index in [1.54, 1.807) is 85.5 Å². The molecule has 0 amide bonds. The third kappa shape index (κ3) is 46.0. The number of Topliss-reactive ketones (excluding diaryl/α,β-unsaturated/α-hetero) is 1. The fourth-order valence-electron chi connectivity index (χ4n) is 13.0. The number of alkyl halides is 1. The number of esters is 7. The average molecular weight is 2140 g/mol. The average Bonchev–Trinajstić information content (AvgIpc) is 1.01. The van der Waals surface area contributed by atoms with Crippen LogP contribution in [0.3, 0.4) is 0 Å². The molecule has 0 spiro atoms. The first-order valence-corrected chi connectivity index (χ1v) is 50.0. The first kappa shape index (κ1) is 122. The number of benzene rings is 1. The number of rotatable bonds is 36. The molecule has 4 aliphatic heterocycles. The number of ether oxygens (including phenoxy) is 11. The minimum absolute atomic E-state index is 0. The molecule has 37 nitrogen and oxygen atoms in total. The van der Waals surface area contributed by atoms with Crippen LogP contribution in [0.25, 0.3) is 16.6 Å². The summed E-state index contributed by atoms with van der Waals surface area (Å²) in [5.74, 6) is 1.51. The molecule has 11 heterocycles. The Hall–Kier alpha value is -10.0. The van der Waals surface area contributed by atoms with Crippen molar-refractivity contribution in [1.29, 1.82) is 0 Å². The predicted octanol–water partition coefficient (Wildman–Crippen LogP) is 13.2. The molecule has 3 saturated heterocycles. The van der Waals surface area contributed by atoms with E-state index >= 15 is 0 Å². The Morgan fingerprint density at radius 2 is 1.12 bits per heavy atom. The quantitative estimate of drug-likeness (QED) is 0.00280. The second-order valence-electron chi connectivity index (χ2n) is 29.7. The molecular weight excluding hydrogens is 2010 g/mol. The maximum atomic E-state index is 13.0. The van der Waals surface area contributed by atoms with Gasteiger partial charge in [0.05, 0.1) is 79.9 Å². The number of cyclic esters (lactones) is 2. The molecule has 2 atom stereocenters. The van der Waals surface area contributed by atoms with Crippen molar-refractivity contribution in [1.82, 2.24) is 44.4 Å². The molecule has 44 heteroatoms. The molecule has 1 aromatic carbocycles. The Kier molecular flexibility index (Phi) is 63.4. The van der Waals surface area contributed by atoms with Crippen molar-refractivity contribution < 1.29 is 135 Å². The van der Waals surface area contributed by atoms with E-state index in [-0.39, 0.29) is 130 Å². The number of carbonyl (C=O) groups excluding carboxylic acids is 8. The standard InChI is InChI=1S/C17H26N2O5.2C17H22N2O5.C12H13FN2O.C11H16N2O3.C6H11BrO2.C6H8O3.C5H6N2O.CH3.Al.3ClH.Pd/c2*1-12-13(8-10-20)17(22)19-9-5-6-14(16(19)18-12)24-11-4-3-7-15(21)23-2;1-12(13-8-11-24-17(13)21)19-16-14(6-5-9-18-16)23-10-4-3-7-15(20)22-2;13-9-1-2-10-11(7-9)16-15-12(10)8-3-5-14-6-4-8;1-15-10(14)6-2-3-8-16-9-5-4-7-13-11(9)12;1-9-6(8)4-2-3-5-7;1-4(7)5-2-3-9-6(5)8;6-5-4(8)2-1-3-7-5;;;;;;/h14,20H,3-11H2,1-2H3;5-6,9,20H,3-4,7-8,10-11H2,1-2H3;5-6,9H,3-4,7-8,10-11H2,1-2H3,(H,18,19);1-2,7-8,14H,3-6H2;4-5,7H,2-3,6,8H2,1H3,(H2,12,13);2-5H2,1H3;5H,2-3H2,1H3;1-3,8H,(H2,6,7);1H3;;3*1H;/q;;;;;;;;-1;+3;;;;/p-3/b;;13-12+;;;;;;;;;;;. The number of allylic oxidation sites excluding steroid dienone is 1. The number of nitrogen functional groups attached to an aromatic ring is 2. The van der Waals surface area contributed by atoms with Gasteiger partial charge in [0.1, 0.15) is 29.4 Å². The monoisotopic (exact) mass is 2140 g/mol. The molecule has 0 aliphatic carbocycles. The number of hydrogen-bond acceptors (Lipinski definition) is 35. The first-order chi connectivity index (χ1) is 64.4. The molecule has 0 radical (unpaired) electrons. The van der Waals surface area contributed by atoms with Gasteiger partial charge in [-0.25, -0.2) is 64.3 Å². The summed E-state index contributed by atoms with van der Waals surface area (Å²) >= 11 is 1.55. The van der Waals surface area contributed by atoms with E-state index < -0.39 is 17.3 Å². The topological polar surface area (TPSA) is 509 Å². The van der Waals surface area contributed by atoms with E-state index in [4.69, 9.17) is 85.1 Å². The summed E-state index contributed by atoms with van der Waals surface area (Å²) in [6.07, 6.45) is 21.7. The van der Waals surface area contributed by atoms with Crippen LogP contribution in [-0.2, 0) is 116 Å². The summed E-state index contributed by atoms with van der Waals surface area (Å²) in [7, 11) is 21.8. The third-order valence-corrected chi connectivity index (χ3v) is 20.7. The number of halogens is 5.